The van der Waals surface area contributed by atoms with Crippen molar-refractivity contribution in [3.8, 4) is 23.0 Å². The Hall–Kier alpha value is -2.31. The van der Waals surface area contributed by atoms with E-state index in [-0.39, 0.29) is 16.8 Å². The van der Waals surface area contributed by atoms with Gasteiger partial charge in [-0.3, -0.25) is 0 Å². The molecule has 2 N–H and O–H groups in total. The average molecular weight is 397 g/mol. The number of hydrogen-bond acceptors (Lipinski definition) is 6. The Morgan fingerprint density at radius 3 is 2.27 bits per heavy atom. The summed E-state index contributed by atoms with van der Waals surface area (Å²) in [5, 5.41) is 15.2. The molecule has 1 heterocycles. The molecule has 3 rings (SSSR count). The van der Waals surface area contributed by atoms with Gasteiger partial charge in [0, 0.05) is 17.0 Å². The summed E-state index contributed by atoms with van der Waals surface area (Å²) >= 11 is 12.1. The standard InChI is InChI=1S/C18H18Cl2N2O4/c1-24-15-4-9(5-16(25-2)18(15)26-3)13-8-14(22-21-13)11-6-10(19)7-12(20)17(11)23/h4-7,13,21,23H,8H2,1-3H3. The van der Waals surface area contributed by atoms with Crippen LogP contribution in [-0.4, -0.2) is 32.1 Å². The van der Waals surface area contributed by atoms with Crippen molar-refractivity contribution in [1.82, 2.24) is 5.43 Å². The number of hydrazone groups is 1. The Kier molecular flexibility index (Phi) is 5.34. The Labute approximate surface area is 161 Å². The number of hydrogen-bond donors (Lipinski definition) is 2. The summed E-state index contributed by atoms with van der Waals surface area (Å²) in [6.07, 6.45) is 0.531. The van der Waals surface area contributed by atoms with Crippen LogP contribution < -0.4 is 19.6 Å². The van der Waals surface area contributed by atoms with Gasteiger partial charge in [-0.1, -0.05) is 23.2 Å². The minimum atomic E-state index is -0.129. The molecular formula is C18H18Cl2N2O4. The summed E-state index contributed by atoms with van der Waals surface area (Å²) in [6.45, 7) is 0. The zero-order chi connectivity index (χ0) is 18.8. The fourth-order valence-electron chi connectivity index (χ4n) is 2.89. The first kappa shape index (κ1) is 18.5. The molecule has 26 heavy (non-hydrogen) atoms. The van der Waals surface area contributed by atoms with E-state index in [1.54, 1.807) is 27.4 Å². The van der Waals surface area contributed by atoms with Crippen LogP contribution in [0.2, 0.25) is 10.0 Å². The normalized spacial score (nSPS) is 16.0. The van der Waals surface area contributed by atoms with Gasteiger partial charge in [-0.15, -0.1) is 0 Å². The molecule has 1 aliphatic rings. The monoisotopic (exact) mass is 396 g/mol. The molecule has 1 unspecified atom stereocenters. The molecule has 6 nitrogen and oxygen atoms in total. The molecular weight excluding hydrogens is 379 g/mol. The summed E-state index contributed by atoms with van der Waals surface area (Å²) in [4.78, 5) is 0. The third kappa shape index (κ3) is 3.34. The highest BCUT2D eigenvalue weighted by atomic mass is 35.5. The SMILES string of the molecule is COc1cc(C2CC(c3cc(Cl)cc(Cl)c3O)=NN2)cc(OC)c1OC. The van der Waals surface area contributed by atoms with Crippen LogP contribution in [0.1, 0.15) is 23.6 Å². The molecule has 2 aromatic carbocycles. The molecule has 0 radical (unpaired) electrons. The fourth-order valence-corrected chi connectivity index (χ4v) is 3.38. The van der Waals surface area contributed by atoms with Gasteiger partial charge >= 0.3 is 0 Å². The molecule has 0 aliphatic carbocycles. The maximum Gasteiger partial charge on any atom is 0.203 e. The number of nitrogens with one attached hydrogen (secondary N) is 1. The number of methoxy groups -OCH3 is 3. The predicted molar refractivity (Wildman–Crippen MR) is 101 cm³/mol. The summed E-state index contributed by atoms with van der Waals surface area (Å²) in [7, 11) is 4.69. The lowest BCUT2D eigenvalue weighted by molar-refractivity contribution is 0.323. The maximum atomic E-state index is 10.2. The molecule has 8 heteroatoms. The number of rotatable bonds is 5. The molecule has 0 aromatic heterocycles. The molecule has 0 saturated carbocycles. The zero-order valence-corrected chi connectivity index (χ0v) is 16.0. The van der Waals surface area contributed by atoms with Gasteiger partial charge in [0.2, 0.25) is 5.75 Å². The topological polar surface area (TPSA) is 72.3 Å². The second-order valence-electron chi connectivity index (χ2n) is 5.69. The zero-order valence-electron chi connectivity index (χ0n) is 14.5. The third-order valence-electron chi connectivity index (χ3n) is 4.18. The Balaban J connectivity index is 1.91. The van der Waals surface area contributed by atoms with Crippen molar-refractivity contribution in [2.75, 3.05) is 21.3 Å². The van der Waals surface area contributed by atoms with Crippen LogP contribution in [0.5, 0.6) is 23.0 Å². The number of phenolic OH excluding ortho intramolecular Hbond substituents is 1. The third-order valence-corrected chi connectivity index (χ3v) is 4.69. The molecule has 1 atom stereocenters. The van der Waals surface area contributed by atoms with E-state index in [2.05, 4.69) is 10.5 Å². The van der Waals surface area contributed by atoms with E-state index < -0.39 is 0 Å². The smallest absolute Gasteiger partial charge is 0.203 e. The van der Waals surface area contributed by atoms with Gasteiger partial charge in [0.1, 0.15) is 5.75 Å². The van der Waals surface area contributed by atoms with Gasteiger partial charge in [0.25, 0.3) is 0 Å². The van der Waals surface area contributed by atoms with E-state index in [1.807, 2.05) is 12.1 Å². The van der Waals surface area contributed by atoms with Crippen molar-refractivity contribution in [3.05, 3.63) is 45.4 Å². The molecule has 0 spiro atoms. The van der Waals surface area contributed by atoms with Gasteiger partial charge in [-0.2, -0.15) is 5.10 Å². The Morgan fingerprint density at radius 1 is 1.04 bits per heavy atom. The number of aromatic hydroxyl groups is 1. The van der Waals surface area contributed by atoms with E-state index in [0.29, 0.717) is 40.0 Å². The second kappa shape index (κ2) is 7.51. The molecule has 0 fully saturated rings. The lowest BCUT2D eigenvalue weighted by Crippen LogP contribution is -2.11. The van der Waals surface area contributed by atoms with Crippen LogP contribution in [0.4, 0.5) is 0 Å². The first-order valence-electron chi connectivity index (χ1n) is 7.78. The van der Waals surface area contributed by atoms with Gasteiger partial charge in [-0.25, -0.2) is 0 Å². The van der Waals surface area contributed by atoms with Crippen molar-refractivity contribution >= 4 is 28.9 Å². The Bertz CT molecular complexity index is 846. The quantitative estimate of drug-likeness (QED) is 0.793. The summed E-state index contributed by atoms with van der Waals surface area (Å²) < 4.78 is 16.1. The number of nitrogens with zero attached hydrogens (tertiary/aromatic N) is 1. The van der Waals surface area contributed by atoms with Crippen molar-refractivity contribution in [3.63, 3.8) is 0 Å². The summed E-state index contributed by atoms with van der Waals surface area (Å²) in [6, 6.07) is 6.73. The van der Waals surface area contributed by atoms with Gasteiger partial charge < -0.3 is 24.7 Å². The molecule has 138 valence electrons. The van der Waals surface area contributed by atoms with E-state index in [1.165, 1.54) is 6.07 Å². The van der Waals surface area contributed by atoms with Crippen LogP contribution >= 0.6 is 23.2 Å². The van der Waals surface area contributed by atoms with Crippen molar-refractivity contribution in [1.29, 1.82) is 0 Å². The minimum absolute atomic E-state index is 0.0397. The predicted octanol–water partition coefficient (Wildman–Crippen LogP) is 4.16. The highest BCUT2D eigenvalue weighted by Gasteiger charge is 2.26. The van der Waals surface area contributed by atoms with Gasteiger partial charge in [0.05, 0.1) is 38.1 Å². The van der Waals surface area contributed by atoms with Crippen LogP contribution in [0.15, 0.2) is 29.4 Å². The van der Waals surface area contributed by atoms with E-state index in [9.17, 15) is 5.11 Å². The number of ether oxygens (including phenoxy) is 3. The van der Waals surface area contributed by atoms with Gasteiger partial charge in [0.15, 0.2) is 11.5 Å². The van der Waals surface area contributed by atoms with Crippen LogP contribution in [0, 0.1) is 0 Å². The molecule has 2 aromatic rings. The summed E-state index contributed by atoms with van der Waals surface area (Å²) in [5.74, 6) is 1.61. The van der Waals surface area contributed by atoms with E-state index in [4.69, 9.17) is 37.4 Å². The lowest BCUT2D eigenvalue weighted by atomic mass is 9.98. The molecule has 0 amide bonds. The minimum Gasteiger partial charge on any atom is -0.506 e. The van der Waals surface area contributed by atoms with Crippen LogP contribution in [0.3, 0.4) is 0 Å². The Morgan fingerprint density at radius 2 is 1.69 bits per heavy atom. The largest absolute Gasteiger partial charge is 0.506 e. The molecule has 1 aliphatic heterocycles. The number of benzene rings is 2. The highest BCUT2D eigenvalue weighted by molar-refractivity contribution is 6.36. The van der Waals surface area contributed by atoms with Crippen LogP contribution in [-0.2, 0) is 0 Å². The van der Waals surface area contributed by atoms with Gasteiger partial charge in [-0.05, 0) is 29.8 Å². The first-order valence-corrected chi connectivity index (χ1v) is 8.54. The first-order chi connectivity index (χ1) is 12.5. The highest BCUT2D eigenvalue weighted by Crippen LogP contribution is 2.41. The number of halogens is 2. The van der Waals surface area contributed by atoms with E-state index in [0.717, 1.165) is 5.56 Å². The van der Waals surface area contributed by atoms with Crippen molar-refractivity contribution < 1.29 is 19.3 Å². The van der Waals surface area contributed by atoms with Crippen molar-refractivity contribution in [2.24, 2.45) is 5.10 Å². The average Bonchev–Trinajstić information content (AvgIpc) is 3.13. The molecule has 0 saturated heterocycles. The van der Waals surface area contributed by atoms with E-state index >= 15 is 0 Å². The fraction of sp³-hybridized carbons (Fsp3) is 0.278. The summed E-state index contributed by atoms with van der Waals surface area (Å²) in [5.41, 5.74) is 5.14. The lowest BCUT2D eigenvalue weighted by Gasteiger charge is -2.17. The van der Waals surface area contributed by atoms with Crippen molar-refractivity contribution in [2.45, 2.75) is 12.5 Å². The second-order valence-corrected chi connectivity index (χ2v) is 6.53. The molecule has 0 bridgehead atoms. The van der Waals surface area contributed by atoms with Crippen LogP contribution in [0.25, 0.3) is 0 Å². The maximum absolute atomic E-state index is 10.2. The number of phenols is 1.